The summed E-state index contributed by atoms with van der Waals surface area (Å²) in [6.45, 7) is 0. The van der Waals surface area contributed by atoms with E-state index in [2.05, 4.69) is 98.8 Å². The van der Waals surface area contributed by atoms with E-state index in [1.807, 2.05) is 24.3 Å². The van der Waals surface area contributed by atoms with E-state index in [0.29, 0.717) is 23.6 Å². The molecule has 0 bridgehead atoms. The van der Waals surface area contributed by atoms with E-state index in [0.717, 1.165) is 84.5 Å². The molecular weight excluding hydrogens is 1080 g/mol. The van der Waals surface area contributed by atoms with Crippen LogP contribution >= 0.6 is 0 Å². The molecule has 0 radical (unpaired) electrons. The second kappa shape index (κ2) is 26.6. The van der Waals surface area contributed by atoms with Gasteiger partial charge in [-0.25, -0.2) is 78.2 Å². The Hall–Kier alpha value is -11.6. The Morgan fingerprint density at radius 2 is 0.768 bits per heavy atom. The minimum atomic E-state index is -1.23. The van der Waals surface area contributed by atoms with Gasteiger partial charge in [-0.1, -0.05) is 34.6 Å². The summed E-state index contributed by atoms with van der Waals surface area (Å²) >= 11 is 0. The molecule has 32 heteroatoms. The highest BCUT2D eigenvalue weighted by molar-refractivity contribution is 5.97. The predicted molar refractivity (Wildman–Crippen MR) is 270 cm³/mol. The van der Waals surface area contributed by atoms with Gasteiger partial charge in [0.2, 0.25) is 0 Å². The highest BCUT2D eigenvalue weighted by Crippen LogP contribution is 2.35. The summed E-state index contributed by atoms with van der Waals surface area (Å²) in [6, 6.07) is 15.4. The standard InChI is InChI=1S/C18H15N5O5.C17H13N5O5.C8H8N2O4.C7H6N2O4/c1-27-17(25)14-7-13(19-8-20-14)16(24)21-12-5-3-9-6-10(2-4-11(9)12)15-22-18(26)28-23-15;23-15(12-6-13(16(24)25)19-7-18-12)20-11-4-2-8-5-9(1-3-10(8)11)14-21-17(26)27-22-14;1-13-7(11)5-3-6(8(12)14-2)10-4-9-5;1-13-7(12)5-2-4(6(10)11)8-3-9-5/h2,4,6-8,12H,3,5H2,1H3,(H,21,24)(H,22,23,26);1,3,5-7,11H,2,4H2,(H,20,23)(H,24,25)(H,21,22,26);3-4H,1-2H3;2-3H,1H3,(H,10,11)/t12-;11-;;/m00../s1. The quantitative estimate of drug-likeness (QED) is 0.0752. The number of hydrogen-bond donors (Lipinski definition) is 6. The molecule has 2 aromatic carbocycles. The van der Waals surface area contributed by atoms with Crippen molar-refractivity contribution in [2.24, 2.45) is 0 Å². The van der Waals surface area contributed by atoms with Crippen LogP contribution in [0.25, 0.3) is 22.8 Å². The molecule has 6 aromatic heterocycles. The average Bonchev–Trinajstić information content (AvgIpc) is 4.37. The molecule has 0 spiro atoms. The van der Waals surface area contributed by atoms with Gasteiger partial charge in [-0.15, -0.1) is 0 Å². The largest absolute Gasteiger partial charge is 0.477 e. The minimum Gasteiger partial charge on any atom is -0.477 e. The number of benzene rings is 2. The van der Waals surface area contributed by atoms with Crippen LogP contribution in [0.5, 0.6) is 0 Å². The number of nitrogens with one attached hydrogen (secondary N) is 4. The lowest BCUT2D eigenvalue weighted by Gasteiger charge is -2.14. The zero-order chi connectivity index (χ0) is 59.0. The van der Waals surface area contributed by atoms with Crippen LogP contribution in [0.1, 0.15) is 131 Å². The van der Waals surface area contributed by atoms with Gasteiger partial charge in [0.1, 0.15) is 36.7 Å². The van der Waals surface area contributed by atoms with Crippen LogP contribution in [0.2, 0.25) is 0 Å². The summed E-state index contributed by atoms with van der Waals surface area (Å²) in [5, 5.41) is 30.6. The Balaban J connectivity index is 0.000000167. The summed E-state index contributed by atoms with van der Waals surface area (Å²) in [5.74, 6) is -6.44. The number of methoxy groups -OCH3 is 4. The fourth-order valence-electron chi connectivity index (χ4n) is 7.78. The van der Waals surface area contributed by atoms with E-state index in [-0.39, 0.29) is 57.6 Å². The number of aromatic amines is 2. The number of nitrogens with zero attached hydrogens (tertiary/aromatic N) is 10. The zero-order valence-corrected chi connectivity index (χ0v) is 43.0. The molecule has 2 atom stereocenters. The number of esters is 4. The van der Waals surface area contributed by atoms with Crippen LogP contribution in [0.3, 0.4) is 0 Å². The van der Waals surface area contributed by atoms with E-state index < -0.39 is 59.1 Å². The maximum Gasteiger partial charge on any atom is 0.439 e. The van der Waals surface area contributed by atoms with Crippen LogP contribution < -0.4 is 22.1 Å². The molecule has 2 aliphatic rings. The fourth-order valence-corrected chi connectivity index (χ4v) is 7.78. The number of carbonyl (C=O) groups is 8. The Bertz CT molecular complexity index is 3830. The van der Waals surface area contributed by atoms with Gasteiger partial charge in [0.05, 0.1) is 40.5 Å². The van der Waals surface area contributed by atoms with Crippen molar-refractivity contribution >= 4 is 47.6 Å². The van der Waals surface area contributed by atoms with Crippen molar-refractivity contribution in [2.75, 3.05) is 28.4 Å². The lowest BCUT2D eigenvalue weighted by Crippen LogP contribution is -2.28. The van der Waals surface area contributed by atoms with E-state index in [1.54, 1.807) is 12.1 Å². The maximum atomic E-state index is 12.5. The van der Waals surface area contributed by atoms with Gasteiger partial charge in [0.25, 0.3) is 11.8 Å². The summed E-state index contributed by atoms with van der Waals surface area (Å²) in [5.41, 5.74) is 5.01. The third-order valence-corrected chi connectivity index (χ3v) is 11.6. The van der Waals surface area contributed by atoms with Crippen LogP contribution in [-0.4, -0.2) is 146 Å². The molecule has 6 heterocycles. The first-order valence-corrected chi connectivity index (χ1v) is 23.5. The lowest BCUT2D eigenvalue weighted by atomic mass is 10.0. The number of rotatable bonds is 12. The Morgan fingerprint density at radius 1 is 0.463 bits per heavy atom. The van der Waals surface area contributed by atoms with Crippen molar-refractivity contribution in [1.29, 1.82) is 0 Å². The monoisotopic (exact) mass is 1130 g/mol. The number of aromatic nitrogens is 12. The van der Waals surface area contributed by atoms with Crippen LogP contribution in [0, 0.1) is 0 Å². The second-order valence-electron chi connectivity index (χ2n) is 16.6. The Kier molecular flexibility index (Phi) is 18.9. The molecule has 0 saturated heterocycles. The molecule has 6 N–H and O–H groups in total. The van der Waals surface area contributed by atoms with Gasteiger partial charge >= 0.3 is 47.3 Å². The third-order valence-electron chi connectivity index (χ3n) is 11.6. The summed E-state index contributed by atoms with van der Waals surface area (Å²) in [7, 11) is 4.87. The van der Waals surface area contributed by atoms with Crippen molar-refractivity contribution in [3.63, 3.8) is 0 Å². The van der Waals surface area contributed by atoms with Crippen molar-refractivity contribution in [3.8, 4) is 22.8 Å². The second-order valence-corrected chi connectivity index (χ2v) is 16.6. The Labute approximate surface area is 457 Å². The van der Waals surface area contributed by atoms with Crippen LogP contribution in [0.4, 0.5) is 0 Å². The van der Waals surface area contributed by atoms with Crippen molar-refractivity contribution in [1.82, 2.24) is 70.8 Å². The number of H-pyrrole nitrogens is 2. The molecule has 0 unspecified atom stereocenters. The normalized spacial score (nSPS) is 13.3. The van der Waals surface area contributed by atoms with E-state index in [1.165, 1.54) is 40.6 Å². The van der Waals surface area contributed by atoms with Gasteiger partial charge in [-0.05, 0) is 60.1 Å². The van der Waals surface area contributed by atoms with Gasteiger partial charge in [-0.3, -0.25) is 28.6 Å². The van der Waals surface area contributed by atoms with Crippen molar-refractivity contribution < 1.29 is 76.6 Å². The smallest absolute Gasteiger partial charge is 0.439 e. The molecule has 0 saturated carbocycles. The fraction of sp³-hybridized carbons (Fsp3) is 0.200. The number of carboxylic acid groups (broad SMARTS) is 2. The van der Waals surface area contributed by atoms with Crippen LogP contribution in [-0.2, 0) is 31.8 Å². The average molecular weight is 1130 g/mol. The predicted octanol–water partition coefficient (Wildman–Crippen LogP) is 1.97. The highest BCUT2D eigenvalue weighted by atomic mass is 16.5. The molecule has 0 aliphatic heterocycles. The number of fused-ring (bicyclic) bond motifs is 2. The summed E-state index contributed by atoms with van der Waals surface area (Å²) in [4.78, 5) is 147. The number of ether oxygens (including phenoxy) is 4. The van der Waals surface area contributed by atoms with Crippen molar-refractivity contribution in [3.05, 3.63) is 175 Å². The molecule has 8 aromatic rings. The SMILES string of the molecule is COC(=O)c1cc(C(=O)N[C@H]2CCc3cc(-c4noc(=O)[nH]4)ccc32)ncn1.COC(=O)c1cc(C(=O)O)ncn1.COC(=O)c1cc(C(=O)OC)ncn1.O=C(O)c1cc(C(=O)N[C@H]2CCc3cc(-c4noc(=O)[nH]4)ccc32)ncn1. The molecule has 420 valence electrons. The van der Waals surface area contributed by atoms with E-state index >= 15 is 0 Å². The molecule has 2 amide bonds. The first kappa shape index (κ1) is 58.1. The molecule has 10 rings (SSSR count). The first-order chi connectivity index (χ1) is 39.4. The number of carbonyl (C=O) groups excluding carboxylic acids is 6. The van der Waals surface area contributed by atoms with Gasteiger partial charge in [-0.2, -0.15) is 0 Å². The summed E-state index contributed by atoms with van der Waals surface area (Å²) < 4.78 is 26.8. The van der Waals surface area contributed by atoms with Gasteiger partial charge in [0, 0.05) is 35.4 Å². The zero-order valence-electron chi connectivity index (χ0n) is 43.0. The molecule has 82 heavy (non-hydrogen) atoms. The summed E-state index contributed by atoms with van der Waals surface area (Å²) in [6.07, 6.45) is 7.19. The van der Waals surface area contributed by atoms with Gasteiger partial charge < -0.3 is 39.8 Å². The Morgan fingerprint density at radius 3 is 1.09 bits per heavy atom. The highest BCUT2D eigenvalue weighted by Gasteiger charge is 2.28. The number of amides is 2. The topological polar surface area (TPSA) is 459 Å². The molecule has 0 fully saturated rings. The lowest BCUT2D eigenvalue weighted by molar-refractivity contribution is 0.0577. The van der Waals surface area contributed by atoms with Crippen molar-refractivity contribution in [2.45, 2.75) is 37.8 Å². The molecule has 2 aliphatic carbocycles. The molecular formula is C50H42N14O18. The minimum absolute atomic E-state index is 0.00681. The maximum absolute atomic E-state index is 12.5. The van der Waals surface area contributed by atoms with Crippen LogP contribution in [0.15, 0.2) is 105 Å². The number of carboxylic acids is 2. The molecule has 32 nitrogen and oxygen atoms in total. The van der Waals surface area contributed by atoms with E-state index in [4.69, 9.17) is 10.2 Å². The third kappa shape index (κ3) is 14.5. The number of hydrogen-bond acceptors (Lipinski definition) is 26. The number of aromatic carboxylic acids is 2. The van der Waals surface area contributed by atoms with Gasteiger partial charge in [0.15, 0.2) is 45.8 Å². The number of aryl methyl sites for hydroxylation is 2. The van der Waals surface area contributed by atoms with E-state index in [9.17, 15) is 47.9 Å². The first-order valence-electron chi connectivity index (χ1n) is 23.5.